The fraction of sp³-hybridized carbons (Fsp3) is 0.973. The second-order valence-electron chi connectivity index (χ2n) is 25.6. The van der Waals surface area contributed by atoms with Gasteiger partial charge in [0.05, 0.1) is 13.0 Å². The molecular formula is C74H148O4. The molecule has 1 unspecified atom stereocenters. The quantitative estimate of drug-likeness (QED) is 0.0487. The highest BCUT2D eigenvalue weighted by molar-refractivity contribution is 5.69. The molecule has 0 saturated carbocycles. The number of carbonyl (C=O) groups is 2. The van der Waals surface area contributed by atoms with Crippen LogP contribution in [0.1, 0.15) is 451 Å². The van der Waals surface area contributed by atoms with Crippen LogP contribution in [0.5, 0.6) is 0 Å². The van der Waals surface area contributed by atoms with Crippen molar-refractivity contribution in [3.63, 3.8) is 0 Å². The minimum absolute atomic E-state index is 0.0595. The van der Waals surface area contributed by atoms with Crippen LogP contribution in [0.25, 0.3) is 0 Å². The van der Waals surface area contributed by atoms with Crippen LogP contribution in [0, 0.1) is 5.92 Å². The molecule has 0 aromatic rings. The van der Waals surface area contributed by atoms with Crippen molar-refractivity contribution in [2.45, 2.75) is 451 Å². The summed E-state index contributed by atoms with van der Waals surface area (Å²) in [6.45, 7) is 6.43. The van der Waals surface area contributed by atoms with Crippen LogP contribution in [0.15, 0.2) is 0 Å². The monoisotopic (exact) mass is 1100 g/mol. The first-order chi connectivity index (χ1) is 38.5. The van der Waals surface area contributed by atoms with E-state index in [9.17, 15) is 9.59 Å². The smallest absolute Gasteiger partial charge is 0.306 e. The zero-order chi connectivity index (χ0) is 56.8. The summed E-state index contributed by atoms with van der Waals surface area (Å²) in [7, 11) is 1.48. The van der Waals surface area contributed by atoms with Gasteiger partial charge < -0.3 is 9.84 Å². The summed E-state index contributed by atoms with van der Waals surface area (Å²) in [5.41, 5.74) is 0. The molecule has 0 aromatic heterocycles. The summed E-state index contributed by atoms with van der Waals surface area (Å²) in [5.74, 6) is -0.870. The Morgan fingerprint density at radius 2 is 0.397 bits per heavy atom. The predicted octanol–water partition coefficient (Wildman–Crippen LogP) is 27.0. The van der Waals surface area contributed by atoms with Crippen LogP contribution >= 0.6 is 0 Å². The van der Waals surface area contributed by atoms with Gasteiger partial charge in [0, 0.05) is 6.42 Å². The lowest BCUT2D eigenvalue weighted by atomic mass is 10.0. The number of hydrogen-bond acceptors (Lipinski definition) is 3. The van der Waals surface area contributed by atoms with Gasteiger partial charge in [0.15, 0.2) is 0 Å². The topological polar surface area (TPSA) is 63.6 Å². The standard InChI is InChI=1S/2C37H74O2/c1-3-4-5-6-7-8-9-10-11-12-13-14-15-16-17-18-19-20-21-22-23-24-25-26-27-28-29-30-31-32-33-34-35-36-37(38)39-2;1-3-4-5-6-7-8-9-10-11-12-13-14-15-16-17-18-19-20-21-22-23-24-25-26-27-28-29-30-31-32-33-34-35-36(2)37(38)39/h3-36H2,1-2H3;36H,3-35H2,1-2H3,(H,38,39). The number of methoxy groups -OCH3 is 1. The summed E-state index contributed by atoms with van der Waals surface area (Å²) in [5, 5.41) is 8.90. The van der Waals surface area contributed by atoms with E-state index in [1.54, 1.807) is 0 Å². The van der Waals surface area contributed by atoms with E-state index in [1.807, 2.05) is 6.92 Å². The highest BCUT2D eigenvalue weighted by Gasteiger charge is 2.09. The van der Waals surface area contributed by atoms with Crippen molar-refractivity contribution >= 4 is 11.9 Å². The summed E-state index contributed by atoms with van der Waals surface area (Å²) in [6.07, 6.45) is 94.2. The maximum absolute atomic E-state index is 11.1. The third kappa shape index (κ3) is 74.9. The number of unbranched alkanes of at least 4 members (excludes halogenated alkanes) is 63. The summed E-state index contributed by atoms with van der Waals surface area (Å²) in [4.78, 5) is 21.9. The molecular weight excluding hydrogens is 953 g/mol. The molecule has 0 aliphatic heterocycles. The Balaban J connectivity index is 0. The molecule has 4 nitrogen and oxygen atoms in total. The third-order valence-corrected chi connectivity index (χ3v) is 17.6. The maximum Gasteiger partial charge on any atom is 0.306 e. The van der Waals surface area contributed by atoms with Gasteiger partial charge in [-0.05, 0) is 12.8 Å². The molecule has 78 heavy (non-hydrogen) atoms. The van der Waals surface area contributed by atoms with Gasteiger partial charge in [0.2, 0.25) is 0 Å². The van der Waals surface area contributed by atoms with Crippen molar-refractivity contribution in [3.8, 4) is 0 Å². The van der Waals surface area contributed by atoms with Crippen molar-refractivity contribution in [1.82, 2.24) is 0 Å². The van der Waals surface area contributed by atoms with Gasteiger partial charge in [-0.3, -0.25) is 9.59 Å². The Labute approximate surface area is 493 Å². The molecule has 0 aromatic carbocycles. The predicted molar refractivity (Wildman–Crippen MR) is 350 cm³/mol. The molecule has 4 heteroatoms. The zero-order valence-corrected chi connectivity index (χ0v) is 54.6. The number of rotatable bonds is 68. The van der Waals surface area contributed by atoms with Crippen molar-refractivity contribution in [2.24, 2.45) is 5.92 Å². The Bertz CT molecular complexity index is 1070. The summed E-state index contributed by atoms with van der Waals surface area (Å²) >= 11 is 0. The van der Waals surface area contributed by atoms with E-state index < -0.39 is 5.97 Å². The van der Waals surface area contributed by atoms with Gasteiger partial charge in [-0.2, -0.15) is 0 Å². The highest BCUT2D eigenvalue weighted by Crippen LogP contribution is 2.20. The maximum atomic E-state index is 11.1. The molecule has 0 aliphatic carbocycles. The van der Waals surface area contributed by atoms with Gasteiger partial charge in [-0.25, -0.2) is 0 Å². The van der Waals surface area contributed by atoms with Crippen molar-refractivity contribution < 1.29 is 19.4 Å². The minimum Gasteiger partial charge on any atom is -0.481 e. The number of ether oxygens (including phenoxy) is 1. The van der Waals surface area contributed by atoms with Gasteiger partial charge in [-0.15, -0.1) is 0 Å². The van der Waals surface area contributed by atoms with E-state index in [2.05, 4.69) is 18.6 Å². The summed E-state index contributed by atoms with van der Waals surface area (Å²) < 4.78 is 4.68. The molecule has 0 saturated heterocycles. The molecule has 1 N–H and O–H groups in total. The molecule has 0 fully saturated rings. The fourth-order valence-corrected chi connectivity index (χ4v) is 11.9. The number of carbonyl (C=O) groups excluding carboxylic acids is 1. The largest absolute Gasteiger partial charge is 0.481 e. The molecule has 1 atom stereocenters. The molecule has 0 spiro atoms. The molecule has 0 heterocycles. The molecule has 468 valence electrons. The highest BCUT2D eigenvalue weighted by atomic mass is 16.5. The Kier molecular flexibility index (Phi) is 74.9. The molecule has 0 bridgehead atoms. The SMILES string of the molecule is CCCCCCCCCCCCCCCCCCCCCCCCCCCCCCCCCCC(C)C(=O)O.CCCCCCCCCCCCCCCCCCCCCCCCCCCCCCCCCCCC(=O)OC. The average Bonchev–Trinajstić information content (AvgIpc) is 3.44. The van der Waals surface area contributed by atoms with Crippen LogP contribution in [0.2, 0.25) is 0 Å². The lowest BCUT2D eigenvalue weighted by Crippen LogP contribution is -2.08. The molecule has 0 rings (SSSR count). The van der Waals surface area contributed by atoms with E-state index in [0.717, 1.165) is 19.3 Å². The number of esters is 1. The Morgan fingerprint density at radius 3 is 0.538 bits per heavy atom. The third-order valence-electron chi connectivity index (χ3n) is 17.6. The van der Waals surface area contributed by atoms with E-state index in [1.165, 1.54) is 412 Å². The second kappa shape index (κ2) is 74.0. The Morgan fingerprint density at radius 1 is 0.256 bits per heavy atom. The van der Waals surface area contributed by atoms with Crippen LogP contribution in [-0.4, -0.2) is 24.2 Å². The van der Waals surface area contributed by atoms with E-state index in [-0.39, 0.29) is 11.9 Å². The van der Waals surface area contributed by atoms with Crippen LogP contribution < -0.4 is 0 Å². The lowest BCUT2D eigenvalue weighted by molar-refractivity contribution is -0.142. The van der Waals surface area contributed by atoms with Gasteiger partial charge in [0.1, 0.15) is 0 Å². The first kappa shape index (κ1) is 79.0. The van der Waals surface area contributed by atoms with Gasteiger partial charge in [-0.1, -0.05) is 432 Å². The number of carboxylic acids is 1. The van der Waals surface area contributed by atoms with E-state index in [0.29, 0.717) is 6.42 Å². The molecule has 0 radical (unpaired) electrons. The van der Waals surface area contributed by atoms with Gasteiger partial charge in [0.25, 0.3) is 0 Å². The number of aliphatic carboxylic acids is 1. The normalized spacial score (nSPS) is 11.8. The number of hydrogen-bond donors (Lipinski definition) is 1. The van der Waals surface area contributed by atoms with Crippen molar-refractivity contribution in [3.05, 3.63) is 0 Å². The van der Waals surface area contributed by atoms with Gasteiger partial charge >= 0.3 is 11.9 Å². The second-order valence-corrected chi connectivity index (χ2v) is 25.6. The van der Waals surface area contributed by atoms with Crippen LogP contribution in [0.3, 0.4) is 0 Å². The minimum atomic E-state index is -0.643. The lowest BCUT2D eigenvalue weighted by Gasteiger charge is -2.06. The first-order valence-electron chi connectivity index (χ1n) is 36.8. The van der Waals surface area contributed by atoms with Crippen molar-refractivity contribution in [2.75, 3.05) is 7.11 Å². The zero-order valence-electron chi connectivity index (χ0n) is 54.6. The van der Waals surface area contributed by atoms with Crippen LogP contribution in [0.4, 0.5) is 0 Å². The van der Waals surface area contributed by atoms with E-state index >= 15 is 0 Å². The number of carboxylic acid groups (broad SMARTS) is 1. The fourth-order valence-electron chi connectivity index (χ4n) is 11.9. The summed E-state index contributed by atoms with van der Waals surface area (Å²) in [6, 6.07) is 0. The first-order valence-corrected chi connectivity index (χ1v) is 36.8. The van der Waals surface area contributed by atoms with Crippen LogP contribution in [-0.2, 0) is 14.3 Å². The molecule has 0 amide bonds. The van der Waals surface area contributed by atoms with Crippen molar-refractivity contribution in [1.29, 1.82) is 0 Å². The molecule has 0 aliphatic rings. The Hall–Kier alpha value is -1.06. The van der Waals surface area contributed by atoms with E-state index in [4.69, 9.17) is 5.11 Å². The average molecular weight is 1100 g/mol.